The van der Waals surface area contributed by atoms with E-state index in [4.69, 9.17) is 0 Å². The number of halogens is 2. The Morgan fingerprint density at radius 3 is 2.53 bits per heavy atom. The average molecular weight is 298 g/mol. The first-order chi connectivity index (χ1) is 6.79. The van der Waals surface area contributed by atoms with Crippen molar-refractivity contribution in [3.63, 3.8) is 0 Å². The molecule has 82 valence electrons. The van der Waals surface area contributed by atoms with Crippen molar-refractivity contribution in [3.8, 4) is 0 Å². The van der Waals surface area contributed by atoms with Crippen LogP contribution in [0.1, 0.15) is 5.56 Å². The van der Waals surface area contributed by atoms with Crippen molar-refractivity contribution < 1.29 is 17.2 Å². The first-order valence-corrected chi connectivity index (χ1v) is 5.99. The molecular formula is C7H5BrFNO4S. The quantitative estimate of drug-likeness (QED) is 0.486. The Hall–Kier alpha value is -1.02. The molecule has 0 atom stereocenters. The molecule has 0 aliphatic heterocycles. The summed E-state index contributed by atoms with van der Waals surface area (Å²) in [6, 6.07) is 3.73. The number of nitro groups is 1. The van der Waals surface area contributed by atoms with Crippen molar-refractivity contribution in [1.82, 2.24) is 0 Å². The summed E-state index contributed by atoms with van der Waals surface area (Å²) >= 11 is 3.00. The molecule has 0 saturated carbocycles. The van der Waals surface area contributed by atoms with Crippen LogP contribution in [0.15, 0.2) is 22.7 Å². The first-order valence-electron chi connectivity index (χ1n) is 3.65. The van der Waals surface area contributed by atoms with Gasteiger partial charge in [0.25, 0.3) is 5.69 Å². The maximum Gasteiger partial charge on any atom is 0.306 e. The molecule has 0 heterocycles. The van der Waals surface area contributed by atoms with Gasteiger partial charge < -0.3 is 0 Å². The van der Waals surface area contributed by atoms with Gasteiger partial charge in [-0.2, -0.15) is 8.42 Å². The van der Waals surface area contributed by atoms with Gasteiger partial charge in [0.1, 0.15) is 5.75 Å². The number of hydrogen-bond acceptors (Lipinski definition) is 4. The predicted molar refractivity (Wildman–Crippen MR) is 54.5 cm³/mol. The van der Waals surface area contributed by atoms with Crippen molar-refractivity contribution in [1.29, 1.82) is 0 Å². The van der Waals surface area contributed by atoms with Gasteiger partial charge in [0.2, 0.25) is 0 Å². The van der Waals surface area contributed by atoms with E-state index in [0.29, 0.717) is 4.47 Å². The molecule has 8 heteroatoms. The maximum atomic E-state index is 12.4. The molecule has 0 N–H and O–H groups in total. The smallest absolute Gasteiger partial charge is 0.258 e. The minimum atomic E-state index is -4.77. The minimum absolute atomic E-state index is 0.175. The van der Waals surface area contributed by atoms with Crippen molar-refractivity contribution in [2.75, 3.05) is 0 Å². The van der Waals surface area contributed by atoms with Crippen LogP contribution in [0, 0.1) is 10.1 Å². The Morgan fingerprint density at radius 2 is 2.07 bits per heavy atom. The van der Waals surface area contributed by atoms with E-state index in [1.807, 2.05) is 0 Å². The lowest BCUT2D eigenvalue weighted by atomic mass is 10.2. The summed E-state index contributed by atoms with van der Waals surface area (Å²) < 4.78 is 33.5. The Kier molecular flexibility index (Phi) is 3.40. The Bertz CT molecular complexity index is 502. The van der Waals surface area contributed by atoms with E-state index < -0.39 is 26.6 Å². The van der Waals surface area contributed by atoms with Crippen molar-refractivity contribution in [3.05, 3.63) is 38.3 Å². The lowest BCUT2D eigenvalue weighted by Gasteiger charge is -2.00. The zero-order chi connectivity index (χ0) is 11.6. The summed E-state index contributed by atoms with van der Waals surface area (Å²) in [6.45, 7) is 0. The van der Waals surface area contributed by atoms with Crippen LogP contribution < -0.4 is 0 Å². The van der Waals surface area contributed by atoms with Crippen LogP contribution in [0.3, 0.4) is 0 Å². The largest absolute Gasteiger partial charge is 0.306 e. The lowest BCUT2D eigenvalue weighted by molar-refractivity contribution is -0.385. The number of nitro benzene ring substituents is 1. The Labute approximate surface area is 93.4 Å². The number of rotatable bonds is 3. The van der Waals surface area contributed by atoms with Gasteiger partial charge in [-0.05, 0) is 12.1 Å². The van der Waals surface area contributed by atoms with E-state index >= 15 is 0 Å². The highest BCUT2D eigenvalue weighted by Crippen LogP contribution is 2.25. The van der Waals surface area contributed by atoms with Gasteiger partial charge in [0, 0.05) is 16.1 Å². The number of benzene rings is 1. The third-order valence-electron chi connectivity index (χ3n) is 1.57. The van der Waals surface area contributed by atoms with Crippen LogP contribution in [-0.4, -0.2) is 13.3 Å². The standard InChI is InChI=1S/C7H5BrFNO4S/c8-6-2-1-5(4-15(9,13)14)7(3-6)10(11)12/h1-3H,4H2. The molecule has 0 unspecified atom stereocenters. The minimum Gasteiger partial charge on any atom is -0.258 e. The molecule has 0 fully saturated rings. The van der Waals surface area contributed by atoms with Gasteiger partial charge >= 0.3 is 10.2 Å². The van der Waals surface area contributed by atoms with Crippen molar-refractivity contribution in [2.24, 2.45) is 0 Å². The van der Waals surface area contributed by atoms with Gasteiger partial charge in [0.15, 0.2) is 0 Å². The second-order valence-corrected chi connectivity index (χ2v) is 5.00. The molecular weight excluding hydrogens is 293 g/mol. The summed E-state index contributed by atoms with van der Waals surface area (Å²) in [4.78, 5) is 9.77. The highest BCUT2D eigenvalue weighted by atomic mass is 79.9. The van der Waals surface area contributed by atoms with Crippen LogP contribution >= 0.6 is 15.9 Å². The Balaban J connectivity index is 3.24. The molecule has 0 amide bonds. The molecule has 0 bridgehead atoms. The normalized spacial score (nSPS) is 11.3. The molecule has 15 heavy (non-hydrogen) atoms. The third kappa shape index (κ3) is 3.56. The maximum absolute atomic E-state index is 12.4. The molecule has 0 aromatic heterocycles. The molecule has 0 spiro atoms. The molecule has 0 saturated heterocycles. The van der Waals surface area contributed by atoms with Crippen molar-refractivity contribution in [2.45, 2.75) is 5.75 Å². The highest BCUT2D eigenvalue weighted by Gasteiger charge is 2.19. The van der Waals surface area contributed by atoms with Gasteiger partial charge in [-0.15, -0.1) is 3.89 Å². The van der Waals surface area contributed by atoms with Crippen molar-refractivity contribution >= 4 is 31.8 Å². The van der Waals surface area contributed by atoms with E-state index in [0.717, 1.165) is 6.07 Å². The fraction of sp³-hybridized carbons (Fsp3) is 0.143. The second-order valence-electron chi connectivity index (χ2n) is 2.71. The monoisotopic (exact) mass is 297 g/mol. The summed E-state index contributed by atoms with van der Waals surface area (Å²) in [5, 5.41) is 10.5. The SMILES string of the molecule is O=[N+]([O-])c1cc(Br)ccc1CS(=O)(=O)F. The highest BCUT2D eigenvalue weighted by molar-refractivity contribution is 9.10. The Morgan fingerprint density at radius 1 is 1.47 bits per heavy atom. The lowest BCUT2D eigenvalue weighted by Crippen LogP contribution is -2.01. The van der Waals surface area contributed by atoms with Crippen LogP contribution in [0.5, 0.6) is 0 Å². The summed E-state index contributed by atoms with van der Waals surface area (Å²) in [5.41, 5.74) is -0.601. The fourth-order valence-corrected chi connectivity index (χ4v) is 1.98. The van der Waals surface area contributed by atoms with E-state index in [2.05, 4.69) is 15.9 Å². The van der Waals surface area contributed by atoms with Crippen LogP contribution in [-0.2, 0) is 16.0 Å². The number of nitrogens with zero attached hydrogens (tertiary/aromatic N) is 1. The summed E-state index contributed by atoms with van der Waals surface area (Å²) in [5.74, 6) is -0.989. The van der Waals surface area contributed by atoms with Crippen LogP contribution in [0.4, 0.5) is 9.57 Å². The van der Waals surface area contributed by atoms with Gasteiger partial charge in [0.05, 0.1) is 4.92 Å². The third-order valence-corrected chi connectivity index (χ3v) is 2.72. The molecule has 1 aromatic carbocycles. The van der Waals surface area contributed by atoms with Gasteiger partial charge in [-0.25, -0.2) is 0 Å². The molecule has 0 aliphatic rings. The zero-order valence-electron chi connectivity index (χ0n) is 7.18. The molecule has 0 aliphatic carbocycles. The molecule has 0 radical (unpaired) electrons. The first kappa shape index (κ1) is 12.1. The predicted octanol–water partition coefficient (Wildman–Crippen LogP) is 2.16. The van der Waals surface area contributed by atoms with E-state index in [-0.39, 0.29) is 5.56 Å². The van der Waals surface area contributed by atoms with Crippen LogP contribution in [0.2, 0.25) is 0 Å². The van der Waals surface area contributed by atoms with E-state index in [9.17, 15) is 22.4 Å². The number of hydrogen-bond donors (Lipinski definition) is 0. The molecule has 5 nitrogen and oxygen atoms in total. The van der Waals surface area contributed by atoms with Gasteiger partial charge in [-0.3, -0.25) is 10.1 Å². The topological polar surface area (TPSA) is 77.3 Å². The molecule has 1 rings (SSSR count). The van der Waals surface area contributed by atoms with Crippen LogP contribution in [0.25, 0.3) is 0 Å². The zero-order valence-corrected chi connectivity index (χ0v) is 9.59. The van der Waals surface area contributed by atoms with Gasteiger partial charge in [-0.1, -0.05) is 15.9 Å². The second kappa shape index (κ2) is 4.23. The molecule has 1 aromatic rings. The average Bonchev–Trinajstić information content (AvgIpc) is 2.05. The fourth-order valence-electron chi connectivity index (χ4n) is 1.01. The summed E-state index contributed by atoms with van der Waals surface area (Å²) in [7, 11) is -4.77. The van der Waals surface area contributed by atoms with E-state index in [1.54, 1.807) is 0 Å². The summed E-state index contributed by atoms with van der Waals surface area (Å²) in [6.07, 6.45) is 0. The van der Waals surface area contributed by atoms with E-state index in [1.165, 1.54) is 12.1 Å².